The average molecular weight is 737 g/mol. The summed E-state index contributed by atoms with van der Waals surface area (Å²) in [5.41, 5.74) is 6.15. The summed E-state index contributed by atoms with van der Waals surface area (Å²) in [4.78, 5) is 5.11. The maximum atomic E-state index is 12.6. The number of nitrogens with zero attached hydrogens (tertiary/aromatic N) is 2. The van der Waals surface area contributed by atoms with Gasteiger partial charge < -0.3 is 24.1 Å². The Bertz CT molecular complexity index is 1730. The number of aliphatic hydroxyl groups is 1. The third-order valence-corrected chi connectivity index (χ3v) is 12.2. The lowest BCUT2D eigenvalue weighted by Crippen LogP contribution is -2.59. The van der Waals surface area contributed by atoms with Gasteiger partial charge in [0.1, 0.15) is 11.5 Å². The van der Waals surface area contributed by atoms with Crippen LogP contribution in [0.15, 0.2) is 65.6 Å². The molecule has 11 heteroatoms. The predicted octanol–water partition coefficient (Wildman–Crippen LogP) is 4.99. The Kier molecular flexibility index (Phi) is 13.0. The first kappa shape index (κ1) is 38.7. The Morgan fingerprint density at radius 3 is 1.71 bits per heavy atom. The second-order valence-electron chi connectivity index (χ2n) is 14.5. The van der Waals surface area contributed by atoms with Crippen LogP contribution < -0.4 is 9.47 Å². The second-order valence-corrected chi connectivity index (χ2v) is 16.1. The Hall–Kier alpha value is -3.03. The van der Waals surface area contributed by atoms with E-state index in [2.05, 4.69) is 41.8 Å². The van der Waals surface area contributed by atoms with Crippen LogP contribution in [-0.2, 0) is 49.5 Å². The highest BCUT2D eigenvalue weighted by Gasteiger charge is 2.42. The van der Waals surface area contributed by atoms with E-state index >= 15 is 0 Å². The molecule has 0 amide bonds. The van der Waals surface area contributed by atoms with Gasteiger partial charge >= 0.3 is 0 Å². The van der Waals surface area contributed by atoms with Crippen LogP contribution in [0.2, 0.25) is 0 Å². The minimum atomic E-state index is -3.81. The lowest BCUT2D eigenvalue weighted by atomic mass is 9.83. The molecule has 0 saturated carbocycles. The van der Waals surface area contributed by atoms with Gasteiger partial charge in [0, 0.05) is 38.0 Å². The third-order valence-electron chi connectivity index (χ3n) is 10.9. The molecular formula is C41H56N2O8S. The summed E-state index contributed by atoms with van der Waals surface area (Å²) in [6, 6.07) is 19.9. The Morgan fingerprint density at radius 1 is 0.731 bits per heavy atom. The molecule has 284 valence electrons. The van der Waals surface area contributed by atoms with E-state index < -0.39 is 10.1 Å². The molecule has 0 spiro atoms. The van der Waals surface area contributed by atoms with Crippen LogP contribution in [-0.4, -0.2) is 113 Å². The van der Waals surface area contributed by atoms with Gasteiger partial charge in [-0.15, -0.1) is 0 Å². The summed E-state index contributed by atoms with van der Waals surface area (Å²) < 4.78 is 54.2. The molecule has 10 nitrogen and oxygen atoms in total. The van der Waals surface area contributed by atoms with Crippen molar-refractivity contribution in [2.45, 2.75) is 101 Å². The first-order valence-corrected chi connectivity index (χ1v) is 20.2. The molecule has 7 rings (SSSR count). The monoisotopic (exact) mass is 736 g/mol. The van der Waals surface area contributed by atoms with Crippen molar-refractivity contribution in [2.75, 3.05) is 53.6 Å². The van der Waals surface area contributed by atoms with Gasteiger partial charge in [0.2, 0.25) is 0 Å². The van der Waals surface area contributed by atoms with Gasteiger partial charge in [0.15, 0.2) is 0 Å². The first-order valence-electron chi connectivity index (χ1n) is 18.8. The quantitative estimate of drug-likeness (QED) is 0.271. The van der Waals surface area contributed by atoms with Crippen LogP contribution in [0.3, 0.4) is 0 Å². The van der Waals surface area contributed by atoms with Gasteiger partial charge in [-0.3, -0.25) is 14.0 Å². The zero-order valence-electron chi connectivity index (χ0n) is 31.3. The fourth-order valence-corrected chi connectivity index (χ4v) is 9.38. The molecule has 3 aromatic rings. The number of benzene rings is 3. The second kappa shape index (κ2) is 17.4. The van der Waals surface area contributed by atoms with Gasteiger partial charge in [-0.25, -0.2) is 0 Å². The van der Waals surface area contributed by atoms with E-state index in [0.717, 1.165) is 75.2 Å². The predicted molar refractivity (Wildman–Crippen MR) is 201 cm³/mol. The average Bonchev–Trinajstić information content (AvgIpc) is 3.15. The Balaban J connectivity index is 0.000000192. The summed E-state index contributed by atoms with van der Waals surface area (Å²) in [5.74, 6) is 1.85. The van der Waals surface area contributed by atoms with Crippen molar-refractivity contribution in [1.29, 1.82) is 0 Å². The molecule has 0 radical (unpaired) electrons. The number of ether oxygens (including phenoxy) is 4. The maximum absolute atomic E-state index is 12.6. The highest BCUT2D eigenvalue weighted by molar-refractivity contribution is 7.86. The van der Waals surface area contributed by atoms with Crippen LogP contribution in [0, 0.1) is 6.92 Å². The first-order chi connectivity index (χ1) is 25.2. The fourth-order valence-electron chi connectivity index (χ4n) is 8.44. The molecule has 4 aliphatic rings. The summed E-state index contributed by atoms with van der Waals surface area (Å²) >= 11 is 0. The number of morpholine rings is 2. The summed E-state index contributed by atoms with van der Waals surface area (Å²) in [6.07, 6.45) is 5.49. The molecule has 0 bridgehead atoms. The summed E-state index contributed by atoms with van der Waals surface area (Å²) in [6.45, 7) is 9.92. The van der Waals surface area contributed by atoms with E-state index in [9.17, 15) is 13.5 Å². The van der Waals surface area contributed by atoms with Crippen molar-refractivity contribution < 1.29 is 36.7 Å². The maximum Gasteiger partial charge on any atom is 0.297 e. The minimum absolute atomic E-state index is 0.0123. The summed E-state index contributed by atoms with van der Waals surface area (Å²) in [7, 11) is -0.394. The molecule has 3 aromatic carbocycles. The number of hydrogen-bond acceptors (Lipinski definition) is 10. The van der Waals surface area contributed by atoms with Crippen LogP contribution in [0.25, 0.3) is 0 Å². The van der Waals surface area contributed by atoms with E-state index in [1.54, 1.807) is 38.5 Å². The smallest absolute Gasteiger partial charge is 0.297 e. The van der Waals surface area contributed by atoms with Crippen molar-refractivity contribution in [3.63, 3.8) is 0 Å². The van der Waals surface area contributed by atoms with Gasteiger partial charge in [-0.05, 0) is 92.2 Å². The van der Waals surface area contributed by atoms with E-state index in [0.29, 0.717) is 12.6 Å². The van der Waals surface area contributed by atoms with Crippen LogP contribution in [0.5, 0.6) is 11.5 Å². The van der Waals surface area contributed by atoms with Gasteiger partial charge in [0.05, 0.1) is 56.7 Å². The van der Waals surface area contributed by atoms with E-state index in [1.165, 1.54) is 22.3 Å². The van der Waals surface area contributed by atoms with Crippen LogP contribution >= 0.6 is 0 Å². The van der Waals surface area contributed by atoms with Crippen LogP contribution in [0.4, 0.5) is 0 Å². The number of fused-ring (bicyclic) bond motifs is 4. The van der Waals surface area contributed by atoms with Gasteiger partial charge in [-0.2, -0.15) is 8.42 Å². The third kappa shape index (κ3) is 8.67. The van der Waals surface area contributed by atoms with Gasteiger partial charge in [-0.1, -0.05) is 55.8 Å². The lowest BCUT2D eigenvalue weighted by molar-refractivity contribution is -0.135. The largest absolute Gasteiger partial charge is 0.496 e. The zero-order chi connectivity index (χ0) is 36.8. The van der Waals surface area contributed by atoms with Crippen LogP contribution in [0.1, 0.15) is 54.5 Å². The number of aliphatic hydroxyl groups excluding tert-OH is 1. The van der Waals surface area contributed by atoms with E-state index in [4.69, 9.17) is 23.1 Å². The molecule has 1 N–H and O–H groups in total. The highest BCUT2D eigenvalue weighted by atomic mass is 32.2. The Labute approximate surface area is 310 Å². The number of aryl methyl sites for hydroxylation is 1. The standard InChI is InChI=1S/C24H31NO5S.C17H25NO3/c1-4-12-25-15-19(16-29-31(26,27)20-10-8-17(2)9-11-20)30-24-14-21-18(13-22(24)25)6-5-7-23(21)28-3;1-3-7-18-10-13(11-19)21-17-9-14-12(8-15(17)18)5-4-6-16(14)20-2/h5-11,19,22,24H,4,12-16H2,1-3H3;4-6,13,15,17,19H,3,7-11H2,1-2H3/t19-,22-,24-;13-,15-,17-/m11/s1. The van der Waals surface area contributed by atoms with Crippen molar-refractivity contribution in [2.24, 2.45) is 0 Å². The molecule has 0 unspecified atom stereocenters. The summed E-state index contributed by atoms with van der Waals surface area (Å²) in [5, 5.41) is 9.49. The SMILES string of the molecule is CCCN1C[C@H](CO)O[C@@H]2Cc3c(cccc3OC)C[C@H]21.CCCN1C[C@H](COS(=O)(=O)c2ccc(C)cc2)O[C@@H]2Cc3c(cccc3OC)C[C@H]21. The molecule has 2 aliphatic heterocycles. The Morgan fingerprint density at radius 2 is 1.23 bits per heavy atom. The number of hydrogen-bond donors (Lipinski definition) is 1. The zero-order valence-corrected chi connectivity index (χ0v) is 32.1. The van der Waals surface area contributed by atoms with E-state index in [1.807, 2.05) is 25.1 Å². The van der Waals surface area contributed by atoms with E-state index in [-0.39, 0.29) is 48.6 Å². The molecule has 52 heavy (non-hydrogen) atoms. The van der Waals surface area contributed by atoms with Crippen molar-refractivity contribution in [3.05, 3.63) is 88.5 Å². The lowest BCUT2D eigenvalue weighted by Gasteiger charge is -2.47. The highest BCUT2D eigenvalue weighted by Crippen LogP contribution is 2.37. The molecule has 2 fully saturated rings. The fraction of sp³-hybridized carbons (Fsp3) is 0.561. The van der Waals surface area contributed by atoms with Crippen molar-refractivity contribution in [3.8, 4) is 11.5 Å². The minimum Gasteiger partial charge on any atom is -0.496 e. The molecule has 0 aromatic heterocycles. The molecule has 2 saturated heterocycles. The number of methoxy groups -OCH3 is 2. The topological polar surface area (TPSA) is 107 Å². The molecular weight excluding hydrogens is 681 g/mol. The molecule has 2 heterocycles. The van der Waals surface area contributed by atoms with Crippen molar-refractivity contribution >= 4 is 10.1 Å². The number of rotatable bonds is 11. The van der Waals surface area contributed by atoms with Crippen molar-refractivity contribution in [1.82, 2.24) is 9.80 Å². The normalized spacial score (nSPS) is 25.8. The molecule has 6 atom stereocenters. The van der Waals surface area contributed by atoms with Gasteiger partial charge in [0.25, 0.3) is 10.1 Å². The molecule has 2 aliphatic carbocycles.